The van der Waals surface area contributed by atoms with Crippen LogP contribution in [0.2, 0.25) is 0 Å². The lowest BCUT2D eigenvalue weighted by Gasteiger charge is -2.11. The van der Waals surface area contributed by atoms with E-state index in [0.29, 0.717) is 13.1 Å². The largest absolute Gasteiger partial charge is 0.491 e. The minimum Gasteiger partial charge on any atom is -0.491 e. The van der Waals surface area contributed by atoms with Crippen molar-refractivity contribution in [3.05, 3.63) is 59.9 Å². The number of aromatic nitrogens is 1. The van der Waals surface area contributed by atoms with E-state index in [2.05, 4.69) is 27.5 Å². The molecule has 1 heterocycles. The Bertz CT molecular complexity index is 624. The summed E-state index contributed by atoms with van der Waals surface area (Å²) in [6, 6.07) is 13.9. The summed E-state index contributed by atoms with van der Waals surface area (Å²) in [5, 5.41) is 6.54. The second-order valence-corrected chi connectivity index (χ2v) is 5.68. The second-order valence-electron chi connectivity index (χ2n) is 5.68. The van der Waals surface area contributed by atoms with E-state index in [0.717, 1.165) is 29.5 Å². The minimum absolute atomic E-state index is 0.185. The second kappa shape index (κ2) is 9.55. The van der Waals surface area contributed by atoms with Gasteiger partial charge in [0.2, 0.25) is 0 Å². The highest BCUT2D eigenvalue weighted by Crippen LogP contribution is 2.14. The number of rotatable bonds is 7. The van der Waals surface area contributed by atoms with Gasteiger partial charge < -0.3 is 15.4 Å². The maximum atomic E-state index is 5.65. The summed E-state index contributed by atoms with van der Waals surface area (Å²) in [7, 11) is 0. The van der Waals surface area contributed by atoms with Crippen LogP contribution in [0.3, 0.4) is 0 Å². The molecule has 5 heteroatoms. The predicted molar refractivity (Wildman–Crippen MR) is 98.1 cm³/mol. The summed E-state index contributed by atoms with van der Waals surface area (Å²) in [5.74, 6) is 1.67. The van der Waals surface area contributed by atoms with Gasteiger partial charge in [0, 0.05) is 12.7 Å². The fraction of sp³-hybridized carbons (Fsp3) is 0.368. The van der Waals surface area contributed by atoms with E-state index in [4.69, 9.17) is 4.74 Å². The van der Waals surface area contributed by atoms with Crippen molar-refractivity contribution < 1.29 is 4.74 Å². The maximum Gasteiger partial charge on any atom is 0.191 e. The molecular weight excluding hydrogens is 300 g/mol. The topological polar surface area (TPSA) is 58.5 Å². The van der Waals surface area contributed by atoms with Crippen LogP contribution in [0, 0.1) is 0 Å². The zero-order valence-electron chi connectivity index (χ0n) is 14.6. The number of nitrogens with one attached hydrogen (secondary N) is 2. The lowest BCUT2D eigenvalue weighted by molar-refractivity contribution is 0.242. The Hall–Kier alpha value is -2.56. The van der Waals surface area contributed by atoms with Crippen LogP contribution in [0.25, 0.3) is 0 Å². The van der Waals surface area contributed by atoms with Crippen LogP contribution >= 0.6 is 0 Å². The van der Waals surface area contributed by atoms with Gasteiger partial charge in [-0.05, 0) is 50.6 Å². The van der Waals surface area contributed by atoms with Crippen molar-refractivity contribution in [1.29, 1.82) is 0 Å². The van der Waals surface area contributed by atoms with Crippen molar-refractivity contribution in [1.82, 2.24) is 15.6 Å². The van der Waals surface area contributed by atoms with Crippen LogP contribution in [0.5, 0.6) is 5.75 Å². The number of nitrogens with zero attached hydrogens (tertiary/aromatic N) is 2. The molecule has 5 nitrogen and oxygen atoms in total. The fourth-order valence-corrected chi connectivity index (χ4v) is 2.13. The third-order valence-corrected chi connectivity index (χ3v) is 3.22. The first-order chi connectivity index (χ1) is 11.7. The van der Waals surface area contributed by atoms with Crippen LogP contribution in [-0.2, 0) is 13.1 Å². The smallest absolute Gasteiger partial charge is 0.191 e. The first-order valence-electron chi connectivity index (χ1n) is 8.35. The van der Waals surface area contributed by atoms with Gasteiger partial charge in [0.1, 0.15) is 5.75 Å². The number of hydrogen-bond acceptors (Lipinski definition) is 3. The molecule has 0 atom stereocenters. The molecule has 128 valence electrons. The first-order valence-corrected chi connectivity index (χ1v) is 8.35. The standard InChI is InChI=1S/C19H26N4O/c1-4-20-19(23-14-17-7-5-6-12-21-17)22-13-16-8-10-18(11-9-16)24-15(2)3/h5-12,15H,4,13-14H2,1-3H3,(H2,20,22,23). The molecule has 1 aromatic carbocycles. The number of guanidine groups is 1. The number of ether oxygens (including phenoxy) is 1. The van der Waals surface area contributed by atoms with Gasteiger partial charge in [-0.1, -0.05) is 18.2 Å². The van der Waals surface area contributed by atoms with Crippen molar-refractivity contribution in [3.63, 3.8) is 0 Å². The van der Waals surface area contributed by atoms with Crippen molar-refractivity contribution in [2.24, 2.45) is 4.99 Å². The quantitative estimate of drug-likeness (QED) is 0.606. The van der Waals surface area contributed by atoms with E-state index in [1.165, 1.54) is 0 Å². The highest BCUT2D eigenvalue weighted by Gasteiger charge is 2.00. The Morgan fingerprint density at radius 3 is 2.54 bits per heavy atom. The van der Waals surface area contributed by atoms with Gasteiger partial charge in [-0.3, -0.25) is 4.98 Å². The Balaban J connectivity index is 1.92. The summed E-state index contributed by atoms with van der Waals surface area (Å²) in [6.07, 6.45) is 1.98. The Labute approximate surface area is 144 Å². The third kappa shape index (κ3) is 6.28. The lowest BCUT2D eigenvalue weighted by Crippen LogP contribution is -2.36. The van der Waals surface area contributed by atoms with Gasteiger partial charge in [0.05, 0.1) is 24.9 Å². The van der Waals surface area contributed by atoms with E-state index in [1.807, 2.05) is 56.3 Å². The van der Waals surface area contributed by atoms with Gasteiger partial charge in [-0.2, -0.15) is 0 Å². The third-order valence-electron chi connectivity index (χ3n) is 3.22. The van der Waals surface area contributed by atoms with E-state index < -0.39 is 0 Å². The average molecular weight is 326 g/mol. The Kier molecular flexibility index (Phi) is 7.08. The fourth-order valence-electron chi connectivity index (χ4n) is 2.13. The monoisotopic (exact) mass is 326 g/mol. The highest BCUT2D eigenvalue weighted by atomic mass is 16.5. The van der Waals surface area contributed by atoms with Gasteiger partial charge >= 0.3 is 0 Å². The number of benzene rings is 1. The van der Waals surface area contributed by atoms with E-state index in [9.17, 15) is 0 Å². The molecule has 24 heavy (non-hydrogen) atoms. The highest BCUT2D eigenvalue weighted by molar-refractivity contribution is 5.79. The van der Waals surface area contributed by atoms with Crippen LogP contribution in [0.4, 0.5) is 0 Å². The number of pyridine rings is 1. The molecule has 0 amide bonds. The van der Waals surface area contributed by atoms with Crippen molar-refractivity contribution in [2.45, 2.75) is 40.0 Å². The number of aliphatic imine (C=N–C) groups is 1. The van der Waals surface area contributed by atoms with E-state index in [1.54, 1.807) is 6.20 Å². The predicted octanol–water partition coefficient (Wildman–Crippen LogP) is 3.12. The van der Waals surface area contributed by atoms with Crippen LogP contribution in [0.15, 0.2) is 53.7 Å². The molecular formula is C19H26N4O. The lowest BCUT2D eigenvalue weighted by atomic mass is 10.2. The van der Waals surface area contributed by atoms with Gasteiger partial charge in [-0.25, -0.2) is 4.99 Å². The van der Waals surface area contributed by atoms with Crippen LogP contribution in [0.1, 0.15) is 32.0 Å². The summed E-state index contributed by atoms with van der Waals surface area (Å²) in [6.45, 7) is 8.17. The average Bonchev–Trinajstić information content (AvgIpc) is 2.59. The van der Waals surface area contributed by atoms with Crippen molar-refractivity contribution in [3.8, 4) is 5.75 Å². The summed E-state index contributed by atoms with van der Waals surface area (Å²) >= 11 is 0. The van der Waals surface area contributed by atoms with Gasteiger partial charge in [-0.15, -0.1) is 0 Å². The van der Waals surface area contributed by atoms with Gasteiger partial charge in [0.25, 0.3) is 0 Å². The molecule has 2 rings (SSSR count). The molecule has 0 unspecified atom stereocenters. The molecule has 0 radical (unpaired) electrons. The van der Waals surface area contributed by atoms with Crippen LogP contribution in [-0.4, -0.2) is 23.6 Å². The SMILES string of the molecule is CCNC(=NCc1ccc(OC(C)C)cc1)NCc1ccccn1. The maximum absolute atomic E-state index is 5.65. The van der Waals surface area contributed by atoms with Gasteiger partial charge in [0.15, 0.2) is 5.96 Å². The minimum atomic E-state index is 0.185. The molecule has 1 aromatic heterocycles. The molecule has 2 aromatic rings. The molecule has 0 bridgehead atoms. The Morgan fingerprint density at radius 1 is 1.12 bits per heavy atom. The molecule has 0 aliphatic carbocycles. The van der Waals surface area contributed by atoms with E-state index >= 15 is 0 Å². The molecule has 0 saturated carbocycles. The molecule has 0 aliphatic heterocycles. The zero-order chi connectivity index (χ0) is 17.2. The van der Waals surface area contributed by atoms with E-state index in [-0.39, 0.29) is 6.10 Å². The molecule has 2 N–H and O–H groups in total. The normalized spacial score (nSPS) is 11.4. The zero-order valence-corrected chi connectivity index (χ0v) is 14.6. The first kappa shape index (κ1) is 17.8. The summed E-state index contributed by atoms with van der Waals surface area (Å²) in [4.78, 5) is 8.92. The summed E-state index contributed by atoms with van der Waals surface area (Å²) in [5.41, 5.74) is 2.12. The van der Waals surface area contributed by atoms with Crippen molar-refractivity contribution in [2.75, 3.05) is 6.54 Å². The molecule has 0 spiro atoms. The Morgan fingerprint density at radius 2 is 1.92 bits per heavy atom. The molecule has 0 fully saturated rings. The molecule has 0 aliphatic rings. The van der Waals surface area contributed by atoms with Crippen LogP contribution < -0.4 is 15.4 Å². The molecule has 0 saturated heterocycles. The number of hydrogen-bond donors (Lipinski definition) is 2. The summed E-state index contributed by atoms with van der Waals surface area (Å²) < 4.78 is 5.65. The van der Waals surface area contributed by atoms with Crippen molar-refractivity contribution >= 4 is 5.96 Å².